The van der Waals surface area contributed by atoms with Crippen LogP contribution in [0, 0.1) is 0 Å². The predicted molar refractivity (Wildman–Crippen MR) is 125 cm³/mol. The lowest BCUT2D eigenvalue weighted by atomic mass is 9.89. The molecule has 0 aliphatic heterocycles. The zero-order valence-corrected chi connectivity index (χ0v) is 18.0. The number of carbonyl (C=O) groups excluding carboxylic acids is 2. The molecule has 1 saturated carbocycles. The Morgan fingerprint density at radius 3 is 2.44 bits per heavy atom. The van der Waals surface area contributed by atoms with Gasteiger partial charge >= 0.3 is 0 Å². The predicted octanol–water partition coefficient (Wildman–Crippen LogP) is 4.25. The number of hydrogen-bond acceptors (Lipinski definition) is 4. The molecule has 6 nitrogen and oxygen atoms in total. The van der Waals surface area contributed by atoms with E-state index in [4.69, 9.17) is 5.73 Å². The number of nitrogens with one attached hydrogen (secondary N) is 1. The fraction of sp³-hybridized carbons (Fsp3) is 0.269. The first-order chi connectivity index (χ1) is 15.6. The SMILES string of the molecule is NC1CCCCC1N(Cc1cccc(NC(=O)c2ccncc2)c1)C(=O)c1ccccc1. The molecular formula is C26H28N4O2. The van der Waals surface area contributed by atoms with E-state index in [9.17, 15) is 9.59 Å². The molecule has 32 heavy (non-hydrogen) atoms. The van der Waals surface area contributed by atoms with E-state index in [1.54, 1.807) is 24.5 Å². The number of benzene rings is 2. The lowest BCUT2D eigenvalue weighted by Crippen LogP contribution is -2.51. The summed E-state index contributed by atoms with van der Waals surface area (Å²) < 4.78 is 0. The Morgan fingerprint density at radius 2 is 1.69 bits per heavy atom. The van der Waals surface area contributed by atoms with E-state index in [0.29, 0.717) is 23.4 Å². The number of hydrogen-bond donors (Lipinski definition) is 2. The largest absolute Gasteiger partial charge is 0.330 e. The second-order valence-corrected chi connectivity index (χ2v) is 8.21. The van der Waals surface area contributed by atoms with Crippen molar-refractivity contribution in [1.82, 2.24) is 9.88 Å². The first-order valence-electron chi connectivity index (χ1n) is 11.0. The standard InChI is InChI=1S/C26H28N4O2/c27-23-11-4-5-12-24(23)30(26(32)21-8-2-1-3-9-21)18-19-7-6-10-22(17-19)29-25(31)20-13-15-28-16-14-20/h1-3,6-10,13-17,23-24H,4-5,11-12,18,27H2,(H,29,31). The summed E-state index contributed by atoms with van der Waals surface area (Å²) in [6, 6.07) is 20.3. The van der Waals surface area contributed by atoms with Crippen LogP contribution in [0.1, 0.15) is 52.0 Å². The normalized spacial score (nSPS) is 18.0. The fourth-order valence-electron chi connectivity index (χ4n) is 4.26. The third-order valence-electron chi connectivity index (χ3n) is 5.94. The third-order valence-corrected chi connectivity index (χ3v) is 5.94. The molecule has 2 atom stereocenters. The van der Waals surface area contributed by atoms with Gasteiger partial charge in [0.15, 0.2) is 0 Å². The van der Waals surface area contributed by atoms with Crippen LogP contribution in [0.3, 0.4) is 0 Å². The molecule has 3 aromatic rings. The molecule has 0 saturated heterocycles. The molecule has 1 aliphatic carbocycles. The van der Waals surface area contributed by atoms with Crippen LogP contribution in [-0.4, -0.2) is 33.8 Å². The summed E-state index contributed by atoms with van der Waals surface area (Å²) in [7, 11) is 0. The zero-order valence-electron chi connectivity index (χ0n) is 18.0. The van der Waals surface area contributed by atoms with E-state index in [2.05, 4.69) is 10.3 Å². The third kappa shape index (κ3) is 5.21. The lowest BCUT2D eigenvalue weighted by molar-refractivity contribution is 0.0583. The number of rotatable bonds is 6. The van der Waals surface area contributed by atoms with Crippen molar-refractivity contribution in [2.75, 3.05) is 5.32 Å². The van der Waals surface area contributed by atoms with Gasteiger partial charge < -0.3 is 16.0 Å². The maximum absolute atomic E-state index is 13.4. The molecule has 1 heterocycles. The molecule has 0 radical (unpaired) electrons. The Kier molecular flexibility index (Phi) is 6.92. The number of nitrogens with two attached hydrogens (primary N) is 1. The van der Waals surface area contributed by atoms with Crippen molar-refractivity contribution in [3.05, 3.63) is 95.8 Å². The highest BCUT2D eigenvalue weighted by Crippen LogP contribution is 2.26. The van der Waals surface area contributed by atoms with E-state index in [1.165, 1.54) is 0 Å². The van der Waals surface area contributed by atoms with Gasteiger partial charge in [-0.25, -0.2) is 0 Å². The van der Waals surface area contributed by atoms with Crippen LogP contribution in [0.15, 0.2) is 79.1 Å². The van der Waals surface area contributed by atoms with E-state index in [1.807, 2.05) is 59.5 Å². The number of aromatic nitrogens is 1. The van der Waals surface area contributed by atoms with Gasteiger partial charge in [-0.15, -0.1) is 0 Å². The number of pyridine rings is 1. The van der Waals surface area contributed by atoms with Gasteiger partial charge in [-0.05, 0) is 54.8 Å². The average molecular weight is 429 g/mol. The fourth-order valence-corrected chi connectivity index (χ4v) is 4.26. The van der Waals surface area contributed by atoms with E-state index < -0.39 is 0 Å². The Bertz CT molecular complexity index is 1060. The van der Waals surface area contributed by atoms with Gasteiger partial charge in [-0.3, -0.25) is 14.6 Å². The maximum Gasteiger partial charge on any atom is 0.255 e. The summed E-state index contributed by atoms with van der Waals surface area (Å²) in [5, 5.41) is 2.93. The summed E-state index contributed by atoms with van der Waals surface area (Å²) in [4.78, 5) is 31.8. The number of nitrogens with zero attached hydrogens (tertiary/aromatic N) is 2. The highest BCUT2D eigenvalue weighted by Gasteiger charge is 2.31. The van der Waals surface area contributed by atoms with Crippen LogP contribution in [0.25, 0.3) is 0 Å². The minimum Gasteiger partial charge on any atom is -0.330 e. The monoisotopic (exact) mass is 428 g/mol. The van der Waals surface area contributed by atoms with Gasteiger partial charge in [0, 0.05) is 47.8 Å². The van der Waals surface area contributed by atoms with Gasteiger partial charge in [0.1, 0.15) is 0 Å². The van der Waals surface area contributed by atoms with Crippen molar-refractivity contribution < 1.29 is 9.59 Å². The molecule has 2 aromatic carbocycles. The van der Waals surface area contributed by atoms with Crippen LogP contribution in [0.5, 0.6) is 0 Å². The Morgan fingerprint density at radius 1 is 0.938 bits per heavy atom. The molecule has 0 spiro atoms. The average Bonchev–Trinajstić information content (AvgIpc) is 2.84. The maximum atomic E-state index is 13.4. The van der Waals surface area contributed by atoms with Crippen LogP contribution >= 0.6 is 0 Å². The molecule has 0 bridgehead atoms. The van der Waals surface area contributed by atoms with Gasteiger partial charge in [0.25, 0.3) is 11.8 Å². The topological polar surface area (TPSA) is 88.3 Å². The number of amides is 2. The second kappa shape index (κ2) is 10.2. The van der Waals surface area contributed by atoms with Crippen molar-refractivity contribution in [3.8, 4) is 0 Å². The quantitative estimate of drug-likeness (QED) is 0.614. The summed E-state index contributed by atoms with van der Waals surface area (Å²) in [5.74, 6) is -0.213. The molecule has 1 fully saturated rings. The molecule has 3 N–H and O–H groups in total. The second-order valence-electron chi connectivity index (χ2n) is 8.21. The Balaban J connectivity index is 1.56. The van der Waals surface area contributed by atoms with Gasteiger partial charge in [0.05, 0.1) is 0 Å². The van der Waals surface area contributed by atoms with Crippen LogP contribution < -0.4 is 11.1 Å². The Hall–Kier alpha value is -3.51. The molecule has 2 unspecified atom stereocenters. The molecule has 2 amide bonds. The van der Waals surface area contributed by atoms with Crippen molar-refractivity contribution in [2.24, 2.45) is 5.73 Å². The Labute approximate surface area is 188 Å². The lowest BCUT2D eigenvalue weighted by Gasteiger charge is -2.38. The summed E-state index contributed by atoms with van der Waals surface area (Å²) >= 11 is 0. The molecule has 4 rings (SSSR count). The summed E-state index contributed by atoms with van der Waals surface area (Å²) in [6.07, 6.45) is 7.17. The number of carbonyl (C=O) groups is 2. The molecule has 1 aliphatic rings. The summed E-state index contributed by atoms with van der Waals surface area (Å²) in [6.45, 7) is 0.436. The van der Waals surface area contributed by atoms with Crippen molar-refractivity contribution in [2.45, 2.75) is 44.3 Å². The van der Waals surface area contributed by atoms with E-state index >= 15 is 0 Å². The van der Waals surface area contributed by atoms with Crippen molar-refractivity contribution in [3.63, 3.8) is 0 Å². The first-order valence-corrected chi connectivity index (χ1v) is 11.0. The minimum atomic E-state index is -0.198. The van der Waals surface area contributed by atoms with Gasteiger partial charge in [0.2, 0.25) is 0 Å². The van der Waals surface area contributed by atoms with Gasteiger partial charge in [-0.2, -0.15) is 0 Å². The van der Waals surface area contributed by atoms with Crippen LogP contribution in [-0.2, 0) is 6.54 Å². The van der Waals surface area contributed by atoms with Crippen LogP contribution in [0.2, 0.25) is 0 Å². The number of anilines is 1. The molecule has 6 heteroatoms. The highest BCUT2D eigenvalue weighted by atomic mass is 16.2. The van der Waals surface area contributed by atoms with E-state index in [-0.39, 0.29) is 23.9 Å². The van der Waals surface area contributed by atoms with Crippen molar-refractivity contribution >= 4 is 17.5 Å². The molecule has 1 aromatic heterocycles. The zero-order chi connectivity index (χ0) is 22.3. The smallest absolute Gasteiger partial charge is 0.255 e. The summed E-state index contributed by atoms with van der Waals surface area (Å²) in [5.41, 5.74) is 9.28. The van der Waals surface area contributed by atoms with E-state index in [0.717, 1.165) is 31.2 Å². The van der Waals surface area contributed by atoms with Crippen LogP contribution in [0.4, 0.5) is 5.69 Å². The van der Waals surface area contributed by atoms with Crippen molar-refractivity contribution in [1.29, 1.82) is 0 Å². The minimum absolute atomic E-state index is 0.00785. The molecule has 164 valence electrons. The van der Waals surface area contributed by atoms with Gasteiger partial charge in [-0.1, -0.05) is 43.2 Å². The highest BCUT2D eigenvalue weighted by molar-refractivity contribution is 6.04. The first kappa shape index (κ1) is 21.7. The molecular weight excluding hydrogens is 400 g/mol.